The van der Waals surface area contributed by atoms with Crippen LogP contribution in [-0.4, -0.2) is 0 Å². The molecule has 0 spiro atoms. The largest absolute Gasteiger partial charge is 0.453 e. The molecule has 7 aromatic rings. The first kappa shape index (κ1) is 23.9. The van der Waals surface area contributed by atoms with Crippen LogP contribution in [0.1, 0.15) is 0 Å². The van der Waals surface area contributed by atoms with Gasteiger partial charge in [0.25, 0.3) is 0 Å². The number of anilines is 3. The molecular formula is C40H25NO2. The summed E-state index contributed by atoms with van der Waals surface area (Å²) in [7, 11) is 0. The lowest BCUT2D eigenvalue weighted by Gasteiger charge is -2.38. The van der Waals surface area contributed by atoms with Gasteiger partial charge in [0.15, 0.2) is 23.0 Å². The summed E-state index contributed by atoms with van der Waals surface area (Å²) in [6.07, 6.45) is 0. The van der Waals surface area contributed by atoms with Gasteiger partial charge in [-0.25, -0.2) is 0 Å². The van der Waals surface area contributed by atoms with E-state index < -0.39 is 0 Å². The normalized spacial score (nSPS) is 12.5. The van der Waals surface area contributed by atoms with E-state index in [-0.39, 0.29) is 0 Å². The molecule has 2 heterocycles. The smallest absolute Gasteiger partial charge is 0.156 e. The van der Waals surface area contributed by atoms with Crippen molar-refractivity contribution in [1.82, 2.24) is 0 Å². The van der Waals surface area contributed by atoms with Gasteiger partial charge < -0.3 is 9.47 Å². The zero-order valence-corrected chi connectivity index (χ0v) is 23.2. The summed E-state index contributed by atoms with van der Waals surface area (Å²) in [6, 6.07) is 53.1. The predicted molar refractivity (Wildman–Crippen MR) is 175 cm³/mol. The summed E-state index contributed by atoms with van der Waals surface area (Å²) in [6.45, 7) is 0. The van der Waals surface area contributed by atoms with E-state index in [1.54, 1.807) is 0 Å². The molecule has 0 radical (unpaired) electrons. The third-order valence-electron chi connectivity index (χ3n) is 8.45. The zero-order chi connectivity index (χ0) is 28.3. The monoisotopic (exact) mass is 551 g/mol. The Balaban J connectivity index is 1.14. The van der Waals surface area contributed by atoms with Gasteiger partial charge in [0.2, 0.25) is 0 Å². The first-order chi connectivity index (χ1) is 21.3. The Morgan fingerprint density at radius 3 is 1.63 bits per heavy atom. The van der Waals surface area contributed by atoms with E-state index >= 15 is 0 Å². The summed E-state index contributed by atoms with van der Waals surface area (Å²) in [5.74, 6) is 3.22. The summed E-state index contributed by atoms with van der Waals surface area (Å²) >= 11 is 0. The number of nitrogens with zero attached hydrogens (tertiary/aromatic N) is 1. The van der Waals surface area contributed by atoms with Crippen LogP contribution < -0.4 is 14.4 Å². The number of rotatable bonds is 3. The maximum absolute atomic E-state index is 6.47. The van der Waals surface area contributed by atoms with E-state index in [1.807, 2.05) is 36.4 Å². The molecule has 0 amide bonds. The van der Waals surface area contributed by atoms with Crippen LogP contribution in [-0.2, 0) is 0 Å². The number of hydrogen-bond donors (Lipinski definition) is 0. The van der Waals surface area contributed by atoms with E-state index in [9.17, 15) is 0 Å². The third kappa shape index (κ3) is 3.75. The molecule has 0 unspecified atom stereocenters. The highest BCUT2D eigenvalue weighted by molar-refractivity contribution is 6.00. The van der Waals surface area contributed by atoms with E-state index in [0.717, 1.165) is 51.2 Å². The summed E-state index contributed by atoms with van der Waals surface area (Å²) < 4.78 is 12.9. The molecule has 0 atom stereocenters. The fourth-order valence-corrected chi connectivity index (χ4v) is 6.46. The van der Waals surface area contributed by atoms with Crippen LogP contribution in [0.2, 0.25) is 0 Å². The van der Waals surface area contributed by atoms with Crippen molar-refractivity contribution in [2.45, 2.75) is 0 Å². The van der Waals surface area contributed by atoms with Gasteiger partial charge in [-0.3, -0.25) is 4.90 Å². The lowest BCUT2D eigenvalue weighted by Crippen LogP contribution is -2.20. The lowest BCUT2D eigenvalue weighted by molar-refractivity contribution is 0.446. The van der Waals surface area contributed by atoms with Crippen LogP contribution in [0.15, 0.2) is 152 Å². The van der Waals surface area contributed by atoms with Crippen molar-refractivity contribution in [2.24, 2.45) is 0 Å². The van der Waals surface area contributed by atoms with Crippen LogP contribution in [0, 0.1) is 0 Å². The van der Waals surface area contributed by atoms with Crippen LogP contribution in [0.3, 0.4) is 0 Å². The molecule has 0 N–H and O–H groups in total. The molecule has 43 heavy (non-hydrogen) atoms. The second kappa shape index (κ2) is 9.37. The average molecular weight is 552 g/mol. The molecular weight excluding hydrogens is 526 g/mol. The Morgan fingerprint density at radius 1 is 0.372 bits per heavy atom. The summed E-state index contributed by atoms with van der Waals surface area (Å²) in [4.78, 5) is 2.25. The van der Waals surface area contributed by atoms with Crippen LogP contribution >= 0.6 is 0 Å². The molecule has 3 nitrogen and oxygen atoms in total. The summed E-state index contributed by atoms with van der Waals surface area (Å²) in [5, 5.41) is 2.50. The third-order valence-corrected chi connectivity index (χ3v) is 8.45. The van der Waals surface area contributed by atoms with Gasteiger partial charge >= 0.3 is 0 Å². The SMILES string of the molecule is c1ccc2c(c1)Oc1cc(-c3ccc(-c4ccccc4-c4cccc5ccccc45)cc3)cc3c1N2c1ccccc1O3. The highest BCUT2D eigenvalue weighted by atomic mass is 16.5. The molecule has 2 aliphatic rings. The standard InChI is InChI=1S/C40H25NO2/c1-2-12-30-27(10-1)11-9-15-33(30)32-14-4-3-13-31(32)28-22-20-26(21-23-28)29-24-38-40-39(25-29)43-37-19-8-6-17-35(37)41(40)34-16-5-7-18-36(34)42-38/h1-25H. The predicted octanol–water partition coefficient (Wildman–Crippen LogP) is 11.5. The molecule has 0 aliphatic carbocycles. The van der Waals surface area contributed by atoms with E-state index in [4.69, 9.17) is 9.47 Å². The molecule has 9 rings (SSSR count). The van der Waals surface area contributed by atoms with Crippen molar-refractivity contribution < 1.29 is 9.47 Å². The van der Waals surface area contributed by atoms with Crippen LogP contribution in [0.4, 0.5) is 17.1 Å². The van der Waals surface area contributed by atoms with Crippen molar-refractivity contribution in [3.63, 3.8) is 0 Å². The van der Waals surface area contributed by atoms with Crippen molar-refractivity contribution in [1.29, 1.82) is 0 Å². The van der Waals surface area contributed by atoms with Gasteiger partial charge in [-0.15, -0.1) is 0 Å². The van der Waals surface area contributed by atoms with E-state index in [1.165, 1.54) is 33.0 Å². The van der Waals surface area contributed by atoms with Gasteiger partial charge in [-0.05, 0) is 80.6 Å². The molecule has 7 aromatic carbocycles. The second-order valence-corrected chi connectivity index (χ2v) is 10.9. The Labute approximate surface area is 249 Å². The number of ether oxygens (including phenoxy) is 2. The quantitative estimate of drug-likeness (QED) is 0.218. The second-order valence-electron chi connectivity index (χ2n) is 10.9. The van der Waals surface area contributed by atoms with Gasteiger partial charge in [-0.2, -0.15) is 0 Å². The minimum Gasteiger partial charge on any atom is -0.453 e. The molecule has 3 heteroatoms. The number of para-hydroxylation sites is 4. The first-order valence-corrected chi connectivity index (χ1v) is 14.5. The Kier molecular flexibility index (Phi) is 5.20. The van der Waals surface area contributed by atoms with Crippen molar-refractivity contribution in [3.8, 4) is 56.4 Å². The molecule has 0 fully saturated rings. The fraction of sp³-hybridized carbons (Fsp3) is 0. The van der Waals surface area contributed by atoms with E-state index in [0.29, 0.717) is 0 Å². The van der Waals surface area contributed by atoms with Crippen LogP contribution in [0.5, 0.6) is 23.0 Å². The topological polar surface area (TPSA) is 21.7 Å². The molecule has 0 saturated carbocycles. The minimum atomic E-state index is 0.783. The molecule has 202 valence electrons. The van der Waals surface area contributed by atoms with Gasteiger partial charge in [0.1, 0.15) is 5.69 Å². The molecule has 0 saturated heterocycles. The Hall–Kier alpha value is -5.80. The van der Waals surface area contributed by atoms with Gasteiger partial charge in [-0.1, -0.05) is 115 Å². The summed E-state index contributed by atoms with van der Waals surface area (Å²) in [5.41, 5.74) is 9.94. The number of hydrogen-bond acceptors (Lipinski definition) is 3. The van der Waals surface area contributed by atoms with Crippen molar-refractivity contribution >= 4 is 27.8 Å². The van der Waals surface area contributed by atoms with Gasteiger partial charge in [0.05, 0.1) is 11.4 Å². The van der Waals surface area contributed by atoms with Crippen molar-refractivity contribution in [3.05, 3.63) is 152 Å². The molecule has 0 aromatic heterocycles. The van der Waals surface area contributed by atoms with Crippen molar-refractivity contribution in [2.75, 3.05) is 4.90 Å². The number of fused-ring (bicyclic) bond motifs is 5. The average Bonchev–Trinajstić information content (AvgIpc) is 3.08. The highest BCUT2D eigenvalue weighted by Gasteiger charge is 2.34. The zero-order valence-electron chi connectivity index (χ0n) is 23.2. The van der Waals surface area contributed by atoms with Crippen LogP contribution in [0.25, 0.3) is 44.2 Å². The fourth-order valence-electron chi connectivity index (χ4n) is 6.46. The first-order valence-electron chi connectivity index (χ1n) is 14.5. The highest BCUT2D eigenvalue weighted by Crippen LogP contribution is 2.60. The van der Waals surface area contributed by atoms with E-state index in [2.05, 4.69) is 120 Å². The number of benzene rings is 7. The lowest BCUT2D eigenvalue weighted by atomic mass is 9.91. The maximum atomic E-state index is 6.47. The Bertz CT molecular complexity index is 2120. The van der Waals surface area contributed by atoms with Gasteiger partial charge in [0, 0.05) is 0 Å². The molecule has 0 bridgehead atoms. The molecule has 2 aliphatic heterocycles. The Morgan fingerprint density at radius 2 is 0.907 bits per heavy atom. The minimum absolute atomic E-state index is 0.783. The maximum Gasteiger partial charge on any atom is 0.156 e.